The minimum Gasteiger partial charge on any atom is -0.491 e. The van der Waals surface area contributed by atoms with E-state index >= 15 is 0 Å². The van der Waals surface area contributed by atoms with E-state index in [0.717, 1.165) is 12.8 Å². The number of ether oxygens (including phenoxy) is 1. The van der Waals surface area contributed by atoms with E-state index in [1.54, 1.807) is 6.07 Å². The summed E-state index contributed by atoms with van der Waals surface area (Å²) in [6.07, 6.45) is 2.00. The van der Waals surface area contributed by atoms with Crippen LogP contribution in [0.15, 0.2) is 12.1 Å². The molecule has 0 spiro atoms. The van der Waals surface area contributed by atoms with Crippen LogP contribution < -0.4 is 10.5 Å². The first-order chi connectivity index (χ1) is 6.65. The molecule has 2 N–H and O–H groups in total. The molecule has 14 heavy (non-hydrogen) atoms. The van der Waals surface area contributed by atoms with E-state index in [1.165, 1.54) is 6.07 Å². The van der Waals surface area contributed by atoms with E-state index in [9.17, 15) is 4.39 Å². The van der Waals surface area contributed by atoms with Crippen LogP contribution in [0.1, 0.15) is 19.8 Å². The number of benzene rings is 1. The average Bonchev–Trinajstić information content (AvgIpc) is 2.14. The van der Waals surface area contributed by atoms with Gasteiger partial charge in [0, 0.05) is 6.07 Å². The van der Waals surface area contributed by atoms with E-state index in [-0.39, 0.29) is 5.82 Å². The summed E-state index contributed by atoms with van der Waals surface area (Å²) in [6.45, 7) is 2.65. The highest BCUT2D eigenvalue weighted by Crippen LogP contribution is 2.26. The van der Waals surface area contributed by atoms with Crippen molar-refractivity contribution in [1.29, 1.82) is 0 Å². The molecule has 0 unspecified atom stereocenters. The fourth-order valence-electron chi connectivity index (χ4n) is 0.995. The Kier molecular flexibility index (Phi) is 4.44. The van der Waals surface area contributed by atoms with Crippen LogP contribution in [0.2, 0.25) is 0 Å². The molecule has 1 aromatic carbocycles. The standard InChI is InChI=1S/C10H13FINO/c1-2-3-4-14-10-5-7(11)8(12)6-9(10)13/h5-6H,2-4,13H2,1H3. The molecule has 0 saturated heterocycles. The van der Waals surface area contributed by atoms with Crippen LogP contribution in [-0.2, 0) is 0 Å². The van der Waals surface area contributed by atoms with Gasteiger partial charge in [-0.05, 0) is 35.1 Å². The van der Waals surface area contributed by atoms with Gasteiger partial charge in [-0.15, -0.1) is 0 Å². The van der Waals surface area contributed by atoms with E-state index < -0.39 is 0 Å². The summed E-state index contributed by atoms with van der Waals surface area (Å²) in [5.41, 5.74) is 6.17. The summed E-state index contributed by atoms with van der Waals surface area (Å²) in [7, 11) is 0. The molecule has 0 fully saturated rings. The van der Waals surface area contributed by atoms with Gasteiger partial charge in [-0.1, -0.05) is 13.3 Å². The van der Waals surface area contributed by atoms with E-state index in [0.29, 0.717) is 21.6 Å². The zero-order valence-corrected chi connectivity index (χ0v) is 10.2. The van der Waals surface area contributed by atoms with Crippen molar-refractivity contribution < 1.29 is 9.13 Å². The monoisotopic (exact) mass is 309 g/mol. The van der Waals surface area contributed by atoms with Crippen molar-refractivity contribution in [3.63, 3.8) is 0 Å². The molecule has 0 atom stereocenters. The second-order valence-electron chi connectivity index (χ2n) is 3.01. The Morgan fingerprint density at radius 3 is 2.86 bits per heavy atom. The fraction of sp³-hybridized carbons (Fsp3) is 0.400. The molecule has 1 rings (SSSR count). The van der Waals surface area contributed by atoms with E-state index in [2.05, 4.69) is 6.92 Å². The third kappa shape index (κ3) is 3.01. The second-order valence-corrected chi connectivity index (χ2v) is 4.17. The fourth-order valence-corrected chi connectivity index (χ4v) is 1.49. The number of nitrogen functional groups attached to an aromatic ring is 1. The summed E-state index contributed by atoms with van der Waals surface area (Å²) in [4.78, 5) is 0. The van der Waals surface area contributed by atoms with Crippen LogP contribution in [0.5, 0.6) is 5.75 Å². The van der Waals surface area contributed by atoms with Crippen molar-refractivity contribution in [1.82, 2.24) is 0 Å². The molecule has 2 nitrogen and oxygen atoms in total. The molecule has 4 heteroatoms. The Bertz CT molecular complexity index is 317. The molecule has 0 aliphatic rings. The lowest BCUT2D eigenvalue weighted by atomic mass is 10.3. The van der Waals surface area contributed by atoms with Gasteiger partial charge in [-0.3, -0.25) is 0 Å². The van der Waals surface area contributed by atoms with Crippen LogP contribution >= 0.6 is 22.6 Å². The van der Waals surface area contributed by atoms with Gasteiger partial charge in [0.15, 0.2) is 0 Å². The first-order valence-electron chi connectivity index (χ1n) is 4.52. The van der Waals surface area contributed by atoms with Crippen molar-refractivity contribution in [3.05, 3.63) is 21.5 Å². The summed E-state index contributed by atoms with van der Waals surface area (Å²) < 4.78 is 19.0. The van der Waals surface area contributed by atoms with Crippen LogP contribution in [0.25, 0.3) is 0 Å². The zero-order chi connectivity index (χ0) is 10.6. The van der Waals surface area contributed by atoms with E-state index in [1.807, 2.05) is 22.6 Å². The topological polar surface area (TPSA) is 35.2 Å². The Morgan fingerprint density at radius 1 is 1.50 bits per heavy atom. The quantitative estimate of drug-likeness (QED) is 0.527. The van der Waals surface area contributed by atoms with Crippen LogP contribution in [-0.4, -0.2) is 6.61 Å². The molecule has 0 bridgehead atoms. The predicted octanol–water partition coefficient (Wildman–Crippen LogP) is 3.19. The molecule has 0 aliphatic heterocycles. The second kappa shape index (κ2) is 5.38. The van der Waals surface area contributed by atoms with Crippen molar-refractivity contribution >= 4 is 28.3 Å². The molecule has 0 radical (unpaired) electrons. The van der Waals surface area contributed by atoms with Crippen molar-refractivity contribution in [3.8, 4) is 5.75 Å². The molecule has 0 saturated carbocycles. The lowest BCUT2D eigenvalue weighted by Gasteiger charge is -2.08. The maximum absolute atomic E-state index is 13.1. The summed E-state index contributed by atoms with van der Waals surface area (Å²) in [6, 6.07) is 2.92. The number of hydrogen-bond donors (Lipinski definition) is 1. The van der Waals surface area contributed by atoms with Crippen molar-refractivity contribution in [2.75, 3.05) is 12.3 Å². The Morgan fingerprint density at radius 2 is 2.21 bits per heavy atom. The van der Waals surface area contributed by atoms with Crippen molar-refractivity contribution in [2.24, 2.45) is 0 Å². The van der Waals surface area contributed by atoms with Gasteiger partial charge in [-0.2, -0.15) is 0 Å². The molecule has 0 amide bonds. The Balaban J connectivity index is 2.72. The Labute approximate surface area is 96.8 Å². The third-order valence-corrected chi connectivity index (χ3v) is 2.63. The first kappa shape index (κ1) is 11.6. The molecular weight excluding hydrogens is 296 g/mol. The minimum atomic E-state index is -0.286. The predicted molar refractivity (Wildman–Crippen MR) is 63.9 cm³/mol. The van der Waals surface area contributed by atoms with E-state index in [4.69, 9.17) is 10.5 Å². The summed E-state index contributed by atoms with van der Waals surface area (Å²) >= 11 is 1.90. The third-order valence-electron chi connectivity index (χ3n) is 1.81. The van der Waals surface area contributed by atoms with Gasteiger partial charge in [0.2, 0.25) is 0 Å². The summed E-state index contributed by atoms with van der Waals surface area (Å²) in [5.74, 6) is 0.155. The molecule has 1 aromatic rings. The SMILES string of the molecule is CCCCOc1cc(F)c(I)cc1N. The van der Waals surface area contributed by atoms with Gasteiger partial charge in [0.05, 0.1) is 15.9 Å². The molecule has 78 valence electrons. The number of unbranched alkanes of at least 4 members (excludes halogenated alkanes) is 1. The maximum Gasteiger partial charge on any atom is 0.145 e. The van der Waals surface area contributed by atoms with Gasteiger partial charge in [-0.25, -0.2) is 4.39 Å². The zero-order valence-electron chi connectivity index (χ0n) is 8.02. The average molecular weight is 309 g/mol. The van der Waals surface area contributed by atoms with Crippen LogP contribution in [0.4, 0.5) is 10.1 Å². The highest BCUT2D eigenvalue weighted by atomic mass is 127. The largest absolute Gasteiger partial charge is 0.491 e. The number of rotatable bonds is 4. The highest BCUT2D eigenvalue weighted by molar-refractivity contribution is 14.1. The molecule has 0 aromatic heterocycles. The highest BCUT2D eigenvalue weighted by Gasteiger charge is 2.06. The normalized spacial score (nSPS) is 10.2. The number of anilines is 1. The molecule has 0 aliphatic carbocycles. The molecule has 0 heterocycles. The summed E-state index contributed by atoms with van der Waals surface area (Å²) in [5, 5.41) is 0. The van der Waals surface area contributed by atoms with Gasteiger partial charge < -0.3 is 10.5 Å². The Hall–Kier alpha value is -0.520. The van der Waals surface area contributed by atoms with Crippen LogP contribution in [0.3, 0.4) is 0 Å². The van der Waals surface area contributed by atoms with Crippen molar-refractivity contribution in [2.45, 2.75) is 19.8 Å². The van der Waals surface area contributed by atoms with Crippen LogP contribution in [0, 0.1) is 9.39 Å². The number of hydrogen-bond acceptors (Lipinski definition) is 2. The van der Waals surface area contributed by atoms with Gasteiger partial charge >= 0.3 is 0 Å². The minimum absolute atomic E-state index is 0.286. The smallest absolute Gasteiger partial charge is 0.145 e. The van der Waals surface area contributed by atoms with Gasteiger partial charge in [0.1, 0.15) is 11.6 Å². The van der Waals surface area contributed by atoms with Gasteiger partial charge in [0.25, 0.3) is 0 Å². The molecular formula is C10H13FINO. The maximum atomic E-state index is 13.1. The number of nitrogens with two attached hydrogens (primary N) is 1. The lowest BCUT2D eigenvalue weighted by Crippen LogP contribution is -2.01. The number of halogens is 2. The first-order valence-corrected chi connectivity index (χ1v) is 5.60. The lowest BCUT2D eigenvalue weighted by molar-refractivity contribution is 0.309.